The number of rotatable bonds is 4. The third-order valence-corrected chi connectivity index (χ3v) is 8.24. The Morgan fingerprint density at radius 1 is 1.12 bits per heavy atom. The Kier molecular flexibility index (Phi) is 6.37. The molecule has 24 heavy (non-hydrogen) atoms. The van der Waals surface area contributed by atoms with Crippen molar-refractivity contribution in [2.75, 3.05) is 0 Å². The maximum atomic E-state index is 11.2. The molecular formula is C23H40O. The van der Waals surface area contributed by atoms with E-state index in [0.717, 1.165) is 30.1 Å². The Hall–Kier alpha value is -0.590. The Labute approximate surface area is 150 Å². The van der Waals surface area contributed by atoms with E-state index >= 15 is 0 Å². The Balaban J connectivity index is 0.00000100. The molecule has 138 valence electrons. The second kappa shape index (κ2) is 7.75. The first-order valence-electron chi connectivity index (χ1n) is 10.6. The quantitative estimate of drug-likeness (QED) is 0.408. The molecule has 0 N–H and O–H groups in total. The van der Waals surface area contributed by atoms with E-state index in [0.29, 0.717) is 5.41 Å². The summed E-state index contributed by atoms with van der Waals surface area (Å²) >= 11 is 0. The Bertz CT molecular complexity index is 453. The summed E-state index contributed by atoms with van der Waals surface area (Å²) < 4.78 is 0. The smallest absolute Gasteiger partial charge is 0.120 e. The van der Waals surface area contributed by atoms with Gasteiger partial charge in [0.25, 0.3) is 0 Å². The van der Waals surface area contributed by atoms with Gasteiger partial charge in [-0.2, -0.15) is 0 Å². The lowest BCUT2D eigenvalue weighted by Gasteiger charge is -2.57. The monoisotopic (exact) mass is 332 g/mol. The van der Waals surface area contributed by atoms with Crippen LogP contribution in [0.4, 0.5) is 0 Å². The van der Waals surface area contributed by atoms with Crippen molar-refractivity contribution >= 4 is 6.29 Å². The molecule has 3 fully saturated rings. The molecule has 3 aliphatic rings. The van der Waals surface area contributed by atoms with Crippen LogP contribution in [0.1, 0.15) is 92.4 Å². The zero-order valence-electron chi connectivity index (χ0n) is 16.9. The number of carbonyl (C=O) groups excluding carboxylic acids is 1. The average molecular weight is 333 g/mol. The Morgan fingerprint density at radius 2 is 1.79 bits per heavy atom. The molecule has 0 aromatic carbocycles. The van der Waals surface area contributed by atoms with Gasteiger partial charge in [-0.15, -0.1) is 0 Å². The zero-order valence-corrected chi connectivity index (χ0v) is 16.9. The average Bonchev–Trinajstić information content (AvgIpc) is 2.94. The van der Waals surface area contributed by atoms with Crippen LogP contribution in [0.5, 0.6) is 0 Å². The van der Waals surface area contributed by atoms with E-state index in [9.17, 15) is 4.79 Å². The highest BCUT2D eigenvalue weighted by Gasteiger charge is 2.57. The maximum Gasteiger partial charge on any atom is 0.120 e. The summed E-state index contributed by atoms with van der Waals surface area (Å²) in [6.45, 7) is 15.6. The molecule has 3 saturated carbocycles. The number of aldehydes is 1. The highest BCUT2D eigenvalue weighted by Crippen LogP contribution is 2.66. The molecule has 0 radical (unpaired) electrons. The van der Waals surface area contributed by atoms with Crippen molar-refractivity contribution in [2.45, 2.75) is 92.4 Å². The van der Waals surface area contributed by atoms with Gasteiger partial charge < -0.3 is 4.79 Å². The van der Waals surface area contributed by atoms with Gasteiger partial charge in [-0.3, -0.25) is 0 Å². The lowest BCUT2D eigenvalue weighted by molar-refractivity contribution is -0.115. The molecular weight excluding hydrogens is 292 g/mol. The van der Waals surface area contributed by atoms with Crippen molar-refractivity contribution in [3.8, 4) is 0 Å². The van der Waals surface area contributed by atoms with Crippen LogP contribution in [0, 0.1) is 34.5 Å². The summed E-state index contributed by atoms with van der Waals surface area (Å²) in [5, 5.41) is 0. The number of hydrogen-bond acceptors (Lipinski definition) is 1. The minimum absolute atomic E-state index is 0.263. The molecule has 6 unspecified atom stereocenters. The highest BCUT2D eigenvalue weighted by molar-refractivity contribution is 5.51. The van der Waals surface area contributed by atoms with E-state index in [1.807, 2.05) is 13.8 Å². The summed E-state index contributed by atoms with van der Waals surface area (Å²) in [6, 6.07) is 0. The fraction of sp³-hybridized carbons (Fsp3) is 0.870. The number of fused-ring (bicyclic) bond motifs is 3. The normalized spacial score (nSPS) is 44.1. The van der Waals surface area contributed by atoms with Gasteiger partial charge in [0, 0.05) is 6.42 Å². The van der Waals surface area contributed by atoms with Crippen LogP contribution in [0.25, 0.3) is 0 Å². The van der Waals surface area contributed by atoms with Crippen LogP contribution in [-0.4, -0.2) is 6.29 Å². The summed E-state index contributed by atoms with van der Waals surface area (Å²) in [5.41, 5.74) is 2.30. The molecule has 0 aromatic heterocycles. The van der Waals surface area contributed by atoms with Gasteiger partial charge in [0.15, 0.2) is 0 Å². The molecule has 0 amide bonds. The fourth-order valence-corrected chi connectivity index (χ4v) is 7.08. The van der Waals surface area contributed by atoms with Crippen molar-refractivity contribution in [3.05, 3.63) is 12.2 Å². The van der Waals surface area contributed by atoms with Crippen molar-refractivity contribution < 1.29 is 4.79 Å². The molecule has 0 aromatic rings. The molecule has 6 atom stereocenters. The van der Waals surface area contributed by atoms with E-state index in [1.165, 1.54) is 57.7 Å². The van der Waals surface area contributed by atoms with Crippen molar-refractivity contribution in [1.82, 2.24) is 0 Å². The van der Waals surface area contributed by atoms with Gasteiger partial charge in [-0.25, -0.2) is 0 Å². The molecule has 0 spiro atoms. The lowest BCUT2D eigenvalue weighted by atomic mass is 9.47. The topological polar surface area (TPSA) is 17.1 Å². The van der Waals surface area contributed by atoms with Gasteiger partial charge in [-0.05, 0) is 79.4 Å². The largest absolute Gasteiger partial charge is 0.303 e. The Morgan fingerprint density at radius 3 is 2.38 bits per heavy atom. The second-order valence-corrected chi connectivity index (χ2v) is 8.70. The summed E-state index contributed by atoms with van der Waals surface area (Å²) in [7, 11) is 0. The van der Waals surface area contributed by atoms with Gasteiger partial charge in [-0.1, -0.05) is 53.2 Å². The van der Waals surface area contributed by atoms with Crippen LogP contribution >= 0.6 is 0 Å². The summed E-state index contributed by atoms with van der Waals surface area (Å²) in [4.78, 5) is 11.2. The van der Waals surface area contributed by atoms with E-state index < -0.39 is 0 Å². The van der Waals surface area contributed by atoms with E-state index in [4.69, 9.17) is 0 Å². The SMILES string of the molecule is C=C1CCC2C3CCC(C)(CC=O)C(CC)C3CCC12CC.CC. The van der Waals surface area contributed by atoms with Gasteiger partial charge >= 0.3 is 0 Å². The number of hydrogen-bond donors (Lipinski definition) is 0. The predicted molar refractivity (Wildman–Crippen MR) is 104 cm³/mol. The first-order chi connectivity index (χ1) is 11.5. The van der Waals surface area contributed by atoms with Crippen molar-refractivity contribution in [2.24, 2.45) is 34.5 Å². The molecule has 0 bridgehead atoms. The van der Waals surface area contributed by atoms with Crippen LogP contribution < -0.4 is 0 Å². The molecule has 3 aliphatic carbocycles. The molecule has 1 heteroatoms. The van der Waals surface area contributed by atoms with Crippen LogP contribution in [0.3, 0.4) is 0 Å². The van der Waals surface area contributed by atoms with Crippen molar-refractivity contribution in [1.29, 1.82) is 0 Å². The molecule has 1 nitrogen and oxygen atoms in total. The lowest BCUT2D eigenvalue weighted by Crippen LogP contribution is -2.50. The van der Waals surface area contributed by atoms with Gasteiger partial charge in [0.2, 0.25) is 0 Å². The van der Waals surface area contributed by atoms with E-state index in [1.54, 1.807) is 5.57 Å². The van der Waals surface area contributed by atoms with Crippen molar-refractivity contribution in [3.63, 3.8) is 0 Å². The molecule has 0 saturated heterocycles. The second-order valence-electron chi connectivity index (χ2n) is 8.70. The minimum Gasteiger partial charge on any atom is -0.303 e. The third kappa shape index (κ3) is 2.90. The zero-order chi connectivity index (χ0) is 18.0. The van der Waals surface area contributed by atoms with Crippen LogP contribution in [-0.2, 0) is 4.79 Å². The minimum atomic E-state index is 0.263. The standard InChI is InChI=1S/C21H34O.C2H6/c1-5-18-16-10-12-21(6-2)15(3)7-8-19(21)17(16)9-11-20(18,4)13-14-22;1-2/h14,16-19H,3,5-13H2,1-2,4H3;1-2H3. The van der Waals surface area contributed by atoms with E-state index in [-0.39, 0.29) is 5.41 Å². The van der Waals surface area contributed by atoms with Gasteiger partial charge in [0.05, 0.1) is 0 Å². The molecule has 0 aliphatic heterocycles. The molecule has 0 heterocycles. The third-order valence-electron chi connectivity index (χ3n) is 8.24. The first-order valence-corrected chi connectivity index (χ1v) is 10.6. The highest BCUT2D eigenvalue weighted by atomic mass is 16.1. The van der Waals surface area contributed by atoms with E-state index in [2.05, 4.69) is 27.4 Å². The fourth-order valence-electron chi connectivity index (χ4n) is 7.08. The maximum absolute atomic E-state index is 11.2. The van der Waals surface area contributed by atoms with Gasteiger partial charge in [0.1, 0.15) is 6.29 Å². The molecule has 3 rings (SSSR count). The summed E-state index contributed by atoms with van der Waals surface area (Å²) in [6.07, 6.45) is 12.5. The van der Waals surface area contributed by atoms with Crippen LogP contribution in [0.15, 0.2) is 12.2 Å². The summed E-state index contributed by atoms with van der Waals surface area (Å²) in [5.74, 6) is 3.40. The predicted octanol–water partition coefficient (Wildman–Crippen LogP) is 6.82. The first kappa shape index (κ1) is 19.7. The number of carbonyl (C=O) groups is 1. The van der Waals surface area contributed by atoms with Crippen LogP contribution in [0.2, 0.25) is 0 Å². The number of allylic oxidation sites excluding steroid dienone is 1.